The third kappa shape index (κ3) is 5.59. The van der Waals surface area contributed by atoms with Gasteiger partial charge in [-0.3, -0.25) is 4.79 Å². The lowest BCUT2D eigenvalue weighted by molar-refractivity contribution is -0.136. The molecule has 1 fully saturated rings. The van der Waals surface area contributed by atoms with Crippen molar-refractivity contribution in [2.45, 2.75) is 11.1 Å². The predicted octanol–water partition coefficient (Wildman–Crippen LogP) is 2.71. The number of hydrogen-bond donors (Lipinski definition) is 2. The lowest BCUT2D eigenvalue weighted by atomic mass is 10.1. The molecule has 1 heterocycles. The van der Waals surface area contributed by atoms with Crippen molar-refractivity contribution in [1.82, 2.24) is 4.72 Å². The van der Waals surface area contributed by atoms with Gasteiger partial charge in [0.1, 0.15) is 0 Å². The summed E-state index contributed by atoms with van der Waals surface area (Å²) in [6.07, 6.45) is 0.338. The number of alkyl halides is 3. The molecule has 0 saturated carbocycles. The number of anilines is 2. The molecule has 2 aromatic rings. The molecule has 2 N–H and O–H groups in total. The van der Waals surface area contributed by atoms with Gasteiger partial charge in [-0.25, -0.2) is 8.42 Å². The molecule has 2 aromatic carbocycles. The average molecular weight is 467 g/mol. The van der Waals surface area contributed by atoms with Crippen LogP contribution in [-0.4, -0.2) is 47.2 Å². The molecular weight excluding hydrogens is 447 g/mol. The molecule has 0 aromatic heterocycles. The summed E-state index contributed by atoms with van der Waals surface area (Å²) in [6.45, 7) is 1.57. The van der Waals surface area contributed by atoms with Crippen LogP contribution in [0.4, 0.5) is 24.5 Å². The zero-order valence-electron chi connectivity index (χ0n) is 16.8. The second-order valence-corrected chi connectivity index (χ2v) is 8.60. The number of morpholine rings is 1. The molecule has 3 rings (SSSR count). The van der Waals surface area contributed by atoms with Gasteiger partial charge < -0.3 is 15.0 Å². The van der Waals surface area contributed by atoms with Crippen molar-refractivity contribution >= 4 is 27.3 Å². The van der Waals surface area contributed by atoms with Crippen LogP contribution < -0.4 is 14.9 Å². The van der Waals surface area contributed by atoms with Crippen molar-refractivity contribution in [1.29, 1.82) is 0 Å². The minimum atomic E-state index is -4.69. The summed E-state index contributed by atoms with van der Waals surface area (Å²) in [7, 11) is -3.85. The zero-order valence-corrected chi connectivity index (χ0v) is 17.6. The fourth-order valence-electron chi connectivity index (χ4n) is 3.09. The standard InChI is InChI=1S/C21H20F3N3O4S/c1-2-9-25-32(29,30)17-6-3-15(4-7-17)20(28)26-19-8-5-16(14-18(19)21(22,23)24)27-10-12-31-13-11-27/h1,3-8,14,25H,9-13H2,(H,26,28). The van der Waals surface area contributed by atoms with E-state index < -0.39 is 33.4 Å². The van der Waals surface area contributed by atoms with Gasteiger partial charge in [-0.2, -0.15) is 17.9 Å². The van der Waals surface area contributed by atoms with E-state index in [1.165, 1.54) is 36.4 Å². The second-order valence-electron chi connectivity index (χ2n) is 6.83. The van der Waals surface area contributed by atoms with Gasteiger partial charge in [0.25, 0.3) is 5.91 Å². The summed E-state index contributed by atoms with van der Waals surface area (Å²) in [6, 6.07) is 8.44. The van der Waals surface area contributed by atoms with E-state index in [-0.39, 0.29) is 17.0 Å². The first kappa shape index (κ1) is 23.6. The smallest absolute Gasteiger partial charge is 0.378 e. The van der Waals surface area contributed by atoms with E-state index in [9.17, 15) is 26.4 Å². The summed E-state index contributed by atoms with van der Waals surface area (Å²) in [5.74, 6) is 1.33. The maximum Gasteiger partial charge on any atom is 0.418 e. The predicted molar refractivity (Wildman–Crippen MR) is 113 cm³/mol. The monoisotopic (exact) mass is 467 g/mol. The van der Waals surface area contributed by atoms with E-state index >= 15 is 0 Å². The molecule has 7 nitrogen and oxygen atoms in total. The first-order valence-electron chi connectivity index (χ1n) is 9.50. The van der Waals surface area contributed by atoms with Crippen LogP contribution in [-0.2, 0) is 20.9 Å². The Balaban J connectivity index is 1.81. The van der Waals surface area contributed by atoms with Crippen molar-refractivity contribution in [2.24, 2.45) is 0 Å². The molecule has 0 radical (unpaired) electrons. The molecule has 170 valence electrons. The van der Waals surface area contributed by atoms with Gasteiger partial charge in [-0.05, 0) is 42.5 Å². The number of hydrogen-bond acceptors (Lipinski definition) is 5. The van der Waals surface area contributed by atoms with Crippen molar-refractivity contribution in [3.8, 4) is 12.3 Å². The van der Waals surface area contributed by atoms with Gasteiger partial charge >= 0.3 is 6.18 Å². The second kappa shape index (κ2) is 9.60. The Morgan fingerprint density at radius 3 is 2.38 bits per heavy atom. The minimum absolute atomic E-state index is 0.00807. The van der Waals surface area contributed by atoms with E-state index in [0.29, 0.717) is 32.0 Å². The number of terminal acetylenes is 1. The average Bonchev–Trinajstić information content (AvgIpc) is 2.78. The highest BCUT2D eigenvalue weighted by Crippen LogP contribution is 2.37. The number of sulfonamides is 1. The van der Waals surface area contributed by atoms with Crippen LogP contribution in [0.3, 0.4) is 0 Å². The maximum atomic E-state index is 13.7. The van der Waals surface area contributed by atoms with E-state index in [0.717, 1.165) is 6.07 Å². The van der Waals surface area contributed by atoms with Crippen LogP contribution in [0.1, 0.15) is 15.9 Å². The molecule has 0 bridgehead atoms. The van der Waals surface area contributed by atoms with Crippen molar-refractivity contribution < 1.29 is 31.1 Å². The largest absolute Gasteiger partial charge is 0.418 e. The number of amides is 1. The lowest BCUT2D eigenvalue weighted by Gasteiger charge is -2.29. The van der Waals surface area contributed by atoms with Crippen LogP contribution in [0.2, 0.25) is 0 Å². The summed E-state index contributed by atoms with van der Waals surface area (Å²) >= 11 is 0. The minimum Gasteiger partial charge on any atom is -0.378 e. The van der Waals surface area contributed by atoms with Gasteiger partial charge in [0.2, 0.25) is 10.0 Å². The van der Waals surface area contributed by atoms with Crippen LogP contribution in [0.5, 0.6) is 0 Å². The Bertz CT molecular complexity index is 1120. The van der Waals surface area contributed by atoms with Gasteiger partial charge in [-0.15, -0.1) is 6.42 Å². The highest BCUT2D eigenvalue weighted by atomic mass is 32.2. The van der Waals surface area contributed by atoms with Gasteiger partial charge in [0.05, 0.1) is 35.9 Å². The quantitative estimate of drug-likeness (QED) is 0.638. The SMILES string of the molecule is C#CCNS(=O)(=O)c1ccc(C(=O)Nc2ccc(N3CCOCC3)cc2C(F)(F)F)cc1. The fourth-order valence-corrected chi connectivity index (χ4v) is 4.03. The van der Waals surface area contributed by atoms with Crippen LogP contribution in [0, 0.1) is 12.3 Å². The highest BCUT2D eigenvalue weighted by molar-refractivity contribution is 7.89. The van der Waals surface area contributed by atoms with Crippen molar-refractivity contribution in [3.05, 3.63) is 53.6 Å². The third-order valence-corrected chi connectivity index (χ3v) is 6.14. The van der Waals surface area contributed by atoms with Crippen LogP contribution in [0.25, 0.3) is 0 Å². The Morgan fingerprint density at radius 1 is 1.12 bits per heavy atom. The number of halogens is 3. The molecule has 0 unspecified atom stereocenters. The zero-order chi connectivity index (χ0) is 23.4. The Kier molecular flexibility index (Phi) is 7.08. The van der Waals surface area contributed by atoms with E-state index in [2.05, 4.69) is 16.0 Å². The van der Waals surface area contributed by atoms with E-state index in [1.54, 1.807) is 4.90 Å². The summed E-state index contributed by atoms with van der Waals surface area (Å²) in [4.78, 5) is 14.2. The van der Waals surface area contributed by atoms with E-state index in [4.69, 9.17) is 11.2 Å². The van der Waals surface area contributed by atoms with Crippen LogP contribution in [0.15, 0.2) is 47.4 Å². The molecule has 0 atom stereocenters. The molecule has 0 spiro atoms. The number of nitrogens with one attached hydrogen (secondary N) is 2. The number of carbonyl (C=O) groups is 1. The highest BCUT2D eigenvalue weighted by Gasteiger charge is 2.35. The molecule has 11 heteroatoms. The maximum absolute atomic E-state index is 13.7. The summed E-state index contributed by atoms with van der Waals surface area (Å²) in [5, 5.41) is 2.26. The molecule has 0 aliphatic carbocycles. The third-order valence-electron chi connectivity index (χ3n) is 4.72. The number of ether oxygens (including phenoxy) is 1. The normalized spacial score (nSPS) is 14.6. The summed E-state index contributed by atoms with van der Waals surface area (Å²) in [5.41, 5.74) is -1.00. The van der Waals surface area contributed by atoms with Crippen LogP contribution >= 0.6 is 0 Å². The van der Waals surface area contributed by atoms with Gasteiger partial charge in [0, 0.05) is 24.3 Å². The Hall–Kier alpha value is -3.07. The van der Waals surface area contributed by atoms with Crippen molar-refractivity contribution in [3.63, 3.8) is 0 Å². The molecule has 32 heavy (non-hydrogen) atoms. The van der Waals surface area contributed by atoms with E-state index in [1.807, 2.05) is 0 Å². The molecule has 1 aliphatic rings. The van der Waals surface area contributed by atoms with Gasteiger partial charge in [0.15, 0.2) is 0 Å². The Morgan fingerprint density at radius 2 is 1.78 bits per heavy atom. The summed E-state index contributed by atoms with van der Waals surface area (Å²) < 4.78 is 72.4. The Labute approximate surface area is 183 Å². The number of rotatable bonds is 6. The number of benzene rings is 2. The molecule has 1 amide bonds. The van der Waals surface area contributed by atoms with Crippen molar-refractivity contribution in [2.75, 3.05) is 43.1 Å². The first-order chi connectivity index (χ1) is 15.1. The number of carbonyl (C=O) groups excluding carboxylic acids is 1. The molecule has 1 saturated heterocycles. The fraction of sp³-hybridized carbons (Fsp3) is 0.286. The molecular formula is C21H20F3N3O4S. The van der Waals surface area contributed by atoms with Gasteiger partial charge in [-0.1, -0.05) is 5.92 Å². The lowest BCUT2D eigenvalue weighted by Crippen LogP contribution is -2.36. The topological polar surface area (TPSA) is 87.7 Å². The number of nitrogens with zero attached hydrogens (tertiary/aromatic N) is 1. The molecule has 1 aliphatic heterocycles. The first-order valence-corrected chi connectivity index (χ1v) is 11.0.